The van der Waals surface area contributed by atoms with E-state index in [1.807, 2.05) is 31.5 Å². The molecule has 2 aromatic rings. The Morgan fingerprint density at radius 1 is 1.30 bits per heavy atom. The molecule has 1 aliphatic heterocycles. The molecular weight excluding hydrogens is 340 g/mol. The van der Waals surface area contributed by atoms with Crippen molar-refractivity contribution in [3.63, 3.8) is 0 Å². The number of pyridine rings is 1. The Morgan fingerprint density at radius 3 is 2.85 bits per heavy atom. The summed E-state index contributed by atoms with van der Waals surface area (Å²) in [4.78, 5) is 21.2. The molecule has 2 aromatic heterocycles. The Hall–Kier alpha value is -2.28. The molecule has 1 aliphatic rings. The van der Waals surface area contributed by atoms with Crippen molar-refractivity contribution >= 4 is 5.91 Å². The number of nitrogens with zero attached hydrogens (tertiary/aromatic N) is 6. The number of piperidine rings is 1. The average molecular weight is 371 g/mol. The van der Waals surface area contributed by atoms with Crippen molar-refractivity contribution in [1.29, 1.82) is 0 Å². The van der Waals surface area contributed by atoms with Gasteiger partial charge < -0.3 is 4.90 Å². The van der Waals surface area contributed by atoms with Gasteiger partial charge in [0.05, 0.1) is 11.9 Å². The van der Waals surface area contributed by atoms with Gasteiger partial charge in [0.2, 0.25) is 0 Å². The Labute approximate surface area is 161 Å². The number of rotatable bonds is 7. The molecule has 0 bridgehead atoms. The summed E-state index contributed by atoms with van der Waals surface area (Å²) in [6, 6.07) is 6.20. The molecular formula is C20H30N6O. The second-order valence-corrected chi connectivity index (χ2v) is 7.32. The number of aryl methyl sites for hydroxylation is 1. The topological polar surface area (TPSA) is 67.2 Å². The van der Waals surface area contributed by atoms with Crippen LogP contribution in [0.5, 0.6) is 0 Å². The summed E-state index contributed by atoms with van der Waals surface area (Å²) in [5, 5.41) is 8.28. The highest BCUT2D eigenvalue weighted by atomic mass is 16.2. The minimum Gasteiger partial charge on any atom is -0.338 e. The fourth-order valence-electron chi connectivity index (χ4n) is 3.78. The van der Waals surface area contributed by atoms with Crippen molar-refractivity contribution in [3.05, 3.63) is 41.5 Å². The molecule has 1 unspecified atom stereocenters. The van der Waals surface area contributed by atoms with Gasteiger partial charge >= 0.3 is 0 Å². The predicted octanol–water partition coefficient (Wildman–Crippen LogP) is 2.38. The zero-order chi connectivity index (χ0) is 19.2. The second kappa shape index (κ2) is 9.08. The third-order valence-electron chi connectivity index (χ3n) is 5.19. The molecule has 1 saturated heterocycles. The molecule has 7 heteroatoms. The minimum absolute atomic E-state index is 0.0398. The molecule has 1 fully saturated rings. The van der Waals surface area contributed by atoms with Crippen LogP contribution in [-0.4, -0.2) is 61.9 Å². The maximum atomic E-state index is 12.4. The third-order valence-corrected chi connectivity index (χ3v) is 5.19. The van der Waals surface area contributed by atoms with E-state index in [9.17, 15) is 4.79 Å². The van der Waals surface area contributed by atoms with Gasteiger partial charge in [-0.25, -0.2) is 0 Å². The Kier molecular flexibility index (Phi) is 6.55. The lowest BCUT2D eigenvalue weighted by molar-refractivity contribution is 0.0767. The summed E-state index contributed by atoms with van der Waals surface area (Å²) < 4.78 is 1.83. The molecule has 0 radical (unpaired) electrons. The van der Waals surface area contributed by atoms with E-state index in [2.05, 4.69) is 32.3 Å². The molecule has 27 heavy (non-hydrogen) atoms. The summed E-state index contributed by atoms with van der Waals surface area (Å²) in [6.07, 6.45) is 4.15. The number of aromatic nitrogens is 4. The van der Waals surface area contributed by atoms with E-state index < -0.39 is 0 Å². The molecule has 0 aliphatic carbocycles. The smallest absolute Gasteiger partial charge is 0.276 e. The number of hydrogen-bond donors (Lipinski definition) is 0. The molecule has 1 amide bonds. The van der Waals surface area contributed by atoms with E-state index in [-0.39, 0.29) is 5.91 Å². The molecule has 1 atom stereocenters. The van der Waals surface area contributed by atoms with Gasteiger partial charge in [-0.2, -0.15) is 0 Å². The summed E-state index contributed by atoms with van der Waals surface area (Å²) in [6.45, 7) is 11.2. The molecule has 0 aromatic carbocycles. The fourth-order valence-corrected chi connectivity index (χ4v) is 3.78. The van der Waals surface area contributed by atoms with Gasteiger partial charge in [-0.3, -0.25) is 19.4 Å². The first-order valence-electron chi connectivity index (χ1n) is 9.93. The normalized spacial score (nSPS) is 17.8. The van der Waals surface area contributed by atoms with Gasteiger partial charge in [-0.15, -0.1) is 5.10 Å². The van der Waals surface area contributed by atoms with Crippen molar-refractivity contribution in [1.82, 2.24) is 29.8 Å². The Balaban J connectivity index is 1.57. The molecule has 7 nitrogen and oxygen atoms in total. The van der Waals surface area contributed by atoms with Gasteiger partial charge in [0.25, 0.3) is 5.91 Å². The number of carbonyl (C=O) groups is 1. The molecule has 0 N–H and O–H groups in total. The highest BCUT2D eigenvalue weighted by molar-refractivity contribution is 5.91. The van der Waals surface area contributed by atoms with Crippen LogP contribution in [0.15, 0.2) is 24.4 Å². The molecule has 0 saturated carbocycles. The van der Waals surface area contributed by atoms with Gasteiger partial charge in [0.1, 0.15) is 0 Å². The largest absolute Gasteiger partial charge is 0.338 e. The van der Waals surface area contributed by atoms with Crippen molar-refractivity contribution in [2.24, 2.45) is 5.92 Å². The number of hydrogen-bond acceptors (Lipinski definition) is 5. The zero-order valence-corrected chi connectivity index (χ0v) is 16.6. The van der Waals surface area contributed by atoms with Gasteiger partial charge in [0.15, 0.2) is 5.69 Å². The highest BCUT2D eigenvalue weighted by Crippen LogP contribution is 2.20. The fraction of sp³-hybridized carbons (Fsp3) is 0.600. The summed E-state index contributed by atoms with van der Waals surface area (Å²) in [5.74, 6) is 0.476. The third kappa shape index (κ3) is 5.13. The van der Waals surface area contributed by atoms with Crippen molar-refractivity contribution in [2.75, 3.05) is 26.2 Å². The minimum atomic E-state index is -0.0398. The van der Waals surface area contributed by atoms with Gasteiger partial charge in [-0.05, 0) is 58.2 Å². The van der Waals surface area contributed by atoms with Crippen LogP contribution in [0.3, 0.4) is 0 Å². The quantitative estimate of drug-likeness (QED) is 0.749. The van der Waals surface area contributed by atoms with Crippen LogP contribution in [-0.2, 0) is 13.1 Å². The van der Waals surface area contributed by atoms with E-state index in [1.54, 1.807) is 11.1 Å². The van der Waals surface area contributed by atoms with E-state index in [4.69, 9.17) is 0 Å². The van der Waals surface area contributed by atoms with Crippen molar-refractivity contribution in [3.8, 4) is 0 Å². The molecule has 0 spiro atoms. The average Bonchev–Trinajstić information content (AvgIpc) is 3.11. The van der Waals surface area contributed by atoms with Crippen LogP contribution < -0.4 is 0 Å². The van der Waals surface area contributed by atoms with Crippen LogP contribution in [0, 0.1) is 12.8 Å². The predicted molar refractivity (Wildman–Crippen MR) is 104 cm³/mol. The van der Waals surface area contributed by atoms with Crippen LogP contribution in [0.2, 0.25) is 0 Å². The van der Waals surface area contributed by atoms with E-state index >= 15 is 0 Å². The van der Waals surface area contributed by atoms with Crippen LogP contribution in [0.1, 0.15) is 48.6 Å². The highest BCUT2D eigenvalue weighted by Gasteiger charge is 2.22. The number of amides is 1. The molecule has 3 heterocycles. The van der Waals surface area contributed by atoms with Crippen LogP contribution in [0.4, 0.5) is 0 Å². The van der Waals surface area contributed by atoms with E-state index in [0.717, 1.165) is 37.6 Å². The lowest BCUT2D eigenvalue weighted by atomic mass is 9.98. The van der Waals surface area contributed by atoms with Gasteiger partial charge in [0, 0.05) is 38.4 Å². The number of carbonyl (C=O) groups excluding carboxylic acids is 1. The maximum Gasteiger partial charge on any atom is 0.276 e. The Morgan fingerprint density at radius 2 is 2.11 bits per heavy atom. The van der Waals surface area contributed by atoms with E-state index in [0.29, 0.717) is 24.7 Å². The first-order chi connectivity index (χ1) is 13.1. The van der Waals surface area contributed by atoms with Crippen molar-refractivity contribution in [2.45, 2.75) is 46.7 Å². The summed E-state index contributed by atoms with van der Waals surface area (Å²) in [5.41, 5.74) is 2.63. The first kappa shape index (κ1) is 19.5. The second-order valence-electron chi connectivity index (χ2n) is 7.32. The lowest BCUT2D eigenvalue weighted by Gasteiger charge is -2.32. The first-order valence-corrected chi connectivity index (χ1v) is 9.93. The molecule has 3 rings (SSSR count). The maximum absolute atomic E-state index is 12.4. The van der Waals surface area contributed by atoms with Gasteiger partial charge in [-0.1, -0.05) is 11.3 Å². The molecule has 146 valence electrons. The summed E-state index contributed by atoms with van der Waals surface area (Å²) >= 11 is 0. The lowest BCUT2D eigenvalue weighted by Crippen LogP contribution is -2.36. The van der Waals surface area contributed by atoms with E-state index in [1.165, 1.54) is 12.8 Å². The summed E-state index contributed by atoms with van der Waals surface area (Å²) in [7, 11) is 0. The standard InChI is InChI=1S/C20H30N6O/c1-4-25(5-2)20(27)19-15-26(23-22-19)13-17-9-7-11-24(12-17)14-18-10-6-8-16(3)21-18/h6,8,10,15,17H,4-5,7,9,11-14H2,1-3H3. The SMILES string of the molecule is CCN(CC)C(=O)c1cn(CC2CCCN(Cc3cccc(C)n3)C2)nn1. The van der Waals surface area contributed by atoms with Crippen molar-refractivity contribution < 1.29 is 4.79 Å². The number of likely N-dealkylation sites (tertiary alicyclic amines) is 1. The van der Waals surface area contributed by atoms with Crippen LogP contribution >= 0.6 is 0 Å². The van der Waals surface area contributed by atoms with Crippen LogP contribution in [0.25, 0.3) is 0 Å². The monoisotopic (exact) mass is 370 g/mol. The zero-order valence-electron chi connectivity index (χ0n) is 16.6. The Bertz CT molecular complexity index is 754.